The molecule has 6 heteroatoms. The van der Waals surface area contributed by atoms with Gasteiger partial charge in [0.25, 0.3) is 0 Å². The highest BCUT2D eigenvalue weighted by Crippen LogP contribution is 2.25. The fourth-order valence-electron chi connectivity index (χ4n) is 2.50. The van der Waals surface area contributed by atoms with Gasteiger partial charge < -0.3 is 10.6 Å². The molecule has 1 aliphatic rings. The lowest BCUT2D eigenvalue weighted by atomic mass is 9.99. The molecular weight excluding hydrogens is 318 g/mol. The lowest BCUT2D eigenvalue weighted by molar-refractivity contribution is -0.120. The van der Waals surface area contributed by atoms with Crippen molar-refractivity contribution >= 4 is 35.3 Å². The molecule has 1 fully saturated rings. The summed E-state index contributed by atoms with van der Waals surface area (Å²) in [5, 5.41) is 9.32. The van der Waals surface area contributed by atoms with Gasteiger partial charge in [0, 0.05) is 28.9 Å². The molecule has 1 unspecified atom stereocenters. The lowest BCUT2D eigenvalue weighted by Crippen LogP contribution is -2.37. The predicted octanol–water partition coefficient (Wildman–Crippen LogP) is 3.48. The number of nitrogens with zero attached hydrogens (tertiary/aromatic N) is 1. The van der Waals surface area contributed by atoms with Crippen molar-refractivity contribution in [1.82, 2.24) is 10.3 Å². The van der Waals surface area contributed by atoms with Crippen LogP contribution in [0.5, 0.6) is 0 Å². The summed E-state index contributed by atoms with van der Waals surface area (Å²) < 4.78 is 0. The molecule has 2 N–H and O–H groups in total. The highest BCUT2D eigenvalue weighted by molar-refractivity contribution is 7.13. The Morgan fingerprint density at radius 1 is 1.36 bits per heavy atom. The monoisotopic (exact) mass is 337 g/mol. The quantitative estimate of drug-likeness (QED) is 0.901. The van der Waals surface area contributed by atoms with Crippen LogP contribution in [0, 0.1) is 12.8 Å². The molecule has 4 nitrogen and oxygen atoms in total. The molecule has 1 aromatic heterocycles. The standard InChI is InChI=1S/C16H19N3OS.ClH/c1-11-10-21-16(18-11)12-4-6-14(7-5-12)19-15(20)13-3-2-8-17-9-13;/h4-7,10,13,17H,2-3,8-9H2,1H3,(H,19,20);1H. The summed E-state index contributed by atoms with van der Waals surface area (Å²) in [5.41, 5.74) is 2.98. The summed E-state index contributed by atoms with van der Waals surface area (Å²) in [7, 11) is 0. The van der Waals surface area contributed by atoms with E-state index in [1.807, 2.05) is 36.6 Å². The Balaban J connectivity index is 0.00000176. The molecule has 0 spiro atoms. The van der Waals surface area contributed by atoms with Gasteiger partial charge in [-0.3, -0.25) is 4.79 Å². The lowest BCUT2D eigenvalue weighted by Gasteiger charge is -2.21. The van der Waals surface area contributed by atoms with Crippen LogP contribution >= 0.6 is 23.7 Å². The fourth-order valence-corrected chi connectivity index (χ4v) is 3.31. The number of hydrogen-bond donors (Lipinski definition) is 2. The number of amides is 1. The van der Waals surface area contributed by atoms with E-state index < -0.39 is 0 Å². The van der Waals surface area contributed by atoms with Gasteiger partial charge in [-0.15, -0.1) is 23.7 Å². The van der Waals surface area contributed by atoms with Crippen molar-refractivity contribution in [2.45, 2.75) is 19.8 Å². The second kappa shape index (κ2) is 7.72. The number of aromatic nitrogens is 1. The normalized spacial score (nSPS) is 17.6. The number of anilines is 1. The highest BCUT2D eigenvalue weighted by atomic mass is 35.5. The molecule has 1 saturated heterocycles. The molecule has 1 atom stereocenters. The van der Waals surface area contributed by atoms with Crippen molar-refractivity contribution in [2.24, 2.45) is 5.92 Å². The van der Waals surface area contributed by atoms with Gasteiger partial charge in [-0.05, 0) is 50.6 Å². The summed E-state index contributed by atoms with van der Waals surface area (Å²) in [6, 6.07) is 7.90. The summed E-state index contributed by atoms with van der Waals surface area (Å²) in [6.45, 7) is 3.79. The second-order valence-electron chi connectivity index (χ2n) is 5.40. The number of carbonyl (C=O) groups is 1. The summed E-state index contributed by atoms with van der Waals surface area (Å²) in [6.07, 6.45) is 2.04. The summed E-state index contributed by atoms with van der Waals surface area (Å²) in [5.74, 6) is 0.195. The Kier molecular flexibility index (Phi) is 5.94. The largest absolute Gasteiger partial charge is 0.326 e. The number of carbonyl (C=O) groups excluding carboxylic acids is 1. The van der Waals surface area contributed by atoms with Crippen LogP contribution in [0.3, 0.4) is 0 Å². The van der Waals surface area contributed by atoms with Crippen LogP contribution in [0.1, 0.15) is 18.5 Å². The minimum Gasteiger partial charge on any atom is -0.326 e. The van der Waals surface area contributed by atoms with E-state index in [2.05, 4.69) is 15.6 Å². The molecule has 1 aromatic carbocycles. The van der Waals surface area contributed by atoms with E-state index in [1.165, 1.54) is 0 Å². The van der Waals surface area contributed by atoms with Crippen molar-refractivity contribution in [3.63, 3.8) is 0 Å². The Morgan fingerprint density at radius 3 is 2.73 bits per heavy atom. The van der Waals surface area contributed by atoms with Crippen molar-refractivity contribution in [3.05, 3.63) is 35.3 Å². The first kappa shape index (κ1) is 16.9. The Bertz CT molecular complexity index is 621. The summed E-state index contributed by atoms with van der Waals surface area (Å²) >= 11 is 1.64. The first-order valence-corrected chi connectivity index (χ1v) is 8.14. The smallest absolute Gasteiger partial charge is 0.228 e. The van der Waals surface area contributed by atoms with Crippen molar-refractivity contribution < 1.29 is 4.79 Å². The zero-order chi connectivity index (χ0) is 14.7. The van der Waals surface area contributed by atoms with Crippen LogP contribution < -0.4 is 10.6 Å². The molecule has 118 valence electrons. The molecule has 2 heterocycles. The third kappa shape index (κ3) is 4.06. The number of piperidine rings is 1. The van der Waals surface area contributed by atoms with Gasteiger partial charge in [0.05, 0.1) is 5.92 Å². The molecule has 0 bridgehead atoms. The Morgan fingerprint density at radius 2 is 2.14 bits per heavy atom. The second-order valence-corrected chi connectivity index (χ2v) is 6.26. The average molecular weight is 338 g/mol. The third-order valence-electron chi connectivity index (χ3n) is 3.69. The first-order valence-electron chi connectivity index (χ1n) is 7.26. The van der Waals surface area contributed by atoms with E-state index in [0.717, 1.165) is 47.9 Å². The maximum absolute atomic E-state index is 12.2. The van der Waals surface area contributed by atoms with Gasteiger partial charge >= 0.3 is 0 Å². The Hall–Kier alpha value is -1.43. The van der Waals surface area contributed by atoms with Crippen LogP contribution in [0.15, 0.2) is 29.6 Å². The number of aryl methyl sites for hydroxylation is 1. The van der Waals surface area contributed by atoms with Crippen LogP contribution in [-0.4, -0.2) is 24.0 Å². The van der Waals surface area contributed by atoms with Crippen LogP contribution in [0.2, 0.25) is 0 Å². The van der Waals surface area contributed by atoms with Crippen molar-refractivity contribution in [1.29, 1.82) is 0 Å². The molecule has 0 radical (unpaired) electrons. The van der Waals surface area contributed by atoms with Gasteiger partial charge in [0.2, 0.25) is 5.91 Å². The predicted molar refractivity (Wildman–Crippen MR) is 93.8 cm³/mol. The number of thiazole rings is 1. The zero-order valence-corrected chi connectivity index (χ0v) is 14.1. The topological polar surface area (TPSA) is 54.0 Å². The maximum atomic E-state index is 12.2. The van der Waals surface area contributed by atoms with E-state index in [4.69, 9.17) is 0 Å². The molecule has 22 heavy (non-hydrogen) atoms. The molecule has 3 rings (SSSR count). The third-order valence-corrected chi connectivity index (χ3v) is 4.70. The molecule has 0 aliphatic carbocycles. The molecular formula is C16H20ClN3OS. The minimum atomic E-state index is 0. The van der Waals surface area contributed by atoms with E-state index in [9.17, 15) is 4.79 Å². The van der Waals surface area contributed by atoms with Gasteiger partial charge in [-0.2, -0.15) is 0 Å². The number of hydrogen-bond acceptors (Lipinski definition) is 4. The number of nitrogens with one attached hydrogen (secondary N) is 2. The SMILES string of the molecule is Cc1csc(-c2ccc(NC(=O)C3CCCNC3)cc2)n1.Cl. The van der Waals surface area contributed by atoms with Gasteiger partial charge in [0.1, 0.15) is 5.01 Å². The number of rotatable bonds is 3. The maximum Gasteiger partial charge on any atom is 0.228 e. The van der Waals surface area contributed by atoms with Crippen LogP contribution in [0.4, 0.5) is 5.69 Å². The highest BCUT2D eigenvalue weighted by Gasteiger charge is 2.20. The van der Waals surface area contributed by atoms with Crippen molar-refractivity contribution in [3.8, 4) is 10.6 Å². The zero-order valence-electron chi connectivity index (χ0n) is 12.5. The average Bonchev–Trinajstić information content (AvgIpc) is 2.95. The minimum absolute atomic E-state index is 0. The van der Waals surface area contributed by atoms with Crippen LogP contribution in [-0.2, 0) is 4.79 Å². The van der Waals surface area contributed by atoms with E-state index >= 15 is 0 Å². The molecule has 2 aromatic rings. The fraction of sp³-hybridized carbons (Fsp3) is 0.375. The van der Waals surface area contributed by atoms with E-state index in [-0.39, 0.29) is 24.2 Å². The number of benzene rings is 1. The van der Waals surface area contributed by atoms with E-state index in [0.29, 0.717) is 0 Å². The Labute approximate surface area is 140 Å². The first-order chi connectivity index (χ1) is 10.2. The van der Waals surface area contributed by atoms with Gasteiger partial charge in [-0.1, -0.05) is 0 Å². The van der Waals surface area contributed by atoms with Crippen LogP contribution in [0.25, 0.3) is 10.6 Å². The van der Waals surface area contributed by atoms with Gasteiger partial charge in [-0.25, -0.2) is 4.98 Å². The molecule has 1 amide bonds. The van der Waals surface area contributed by atoms with Crippen molar-refractivity contribution in [2.75, 3.05) is 18.4 Å². The van der Waals surface area contributed by atoms with E-state index in [1.54, 1.807) is 11.3 Å². The van der Waals surface area contributed by atoms with Gasteiger partial charge in [0.15, 0.2) is 0 Å². The molecule has 1 aliphatic heterocycles. The molecule has 0 saturated carbocycles. The summed E-state index contributed by atoms with van der Waals surface area (Å²) in [4.78, 5) is 16.6. The number of halogens is 1.